The third-order valence-corrected chi connectivity index (χ3v) is 6.18. The van der Waals surface area contributed by atoms with Crippen LogP contribution in [-0.4, -0.2) is 37.7 Å². The molecule has 0 radical (unpaired) electrons. The molecule has 1 saturated heterocycles. The first-order valence-electron chi connectivity index (χ1n) is 8.84. The van der Waals surface area contributed by atoms with Crippen molar-refractivity contribution in [2.24, 2.45) is 0 Å². The third kappa shape index (κ3) is 2.94. The van der Waals surface area contributed by atoms with Crippen molar-refractivity contribution in [3.05, 3.63) is 27.2 Å². The Kier molecular flexibility index (Phi) is 4.20. The molecule has 2 aromatic heterocycles. The highest BCUT2D eigenvalue weighted by Crippen LogP contribution is 2.31. The normalized spacial score (nSPS) is 21.7. The zero-order valence-corrected chi connectivity index (χ0v) is 14.9. The molecule has 0 saturated carbocycles. The van der Waals surface area contributed by atoms with E-state index in [1.807, 2.05) is 0 Å². The van der Waals surface area contributed by atoms with Crippen molar-refractivity contribution in [2.75, 3.05) is 13.1 Å². The summed E-state index contributed by atoms with van der Waals surface area (Å²) in [6, 6.07) is 0.586. The van der Waals surface area contributed by atoms with Crippen molar-refractivity contribution in [1.29, 1.82) is 0 Å². The van der Waals surface area contributed by atoms with E-state index in [-0.39, 0.29) is 0 Å². The average Bonchev–Trinajstić information content (AvgIpc) is 3.25. The van der Waals surface area contributed by atoms with Crippen molar-refractivity contribution < 1.29 is 0 Å². The van der Waals surface area contributed by atoms with Gasteiger partial charge in [-0.15, -0.1) is 21.5 Å². The number of nitrogens with zero attached hydrogens (tertiary/aromatic N) is 5. The first-order valence-corrected chi connectivity index (χ1v) is 9.66. The van der Waals surface area contributed by atoms with E-state index >= 15 is 0 Å². The molecule has 4 rings (SSSR count). The molecule has 5 nitrogen and oxygen atoms in total. The van der Waals surface area contributed by atoms with Gasteiger partial charge in [0, 0.05) is 24.8 Å². The highest BCUT2D eigenvalue weighted by molar-refractivity contribution is 7.11. The summed E-state index contributed by atoms with van der Waals surface area (Å²) in [5, 5.41) is 10.9. The number of rotatable bonds is 4. The van der Waals surface area contributed by atoms with E-state index in [1.165, 1.54) is 49.3 Å². The molecule has 124 valence electrons. The standard InChI is InChI=1S/C17H25N5S/c1-3-16-19-20-17(23-16)11-21-9-8-13(10-21)22-12(2)18-14-6-4-5-7-15(14)22/h13H,3-11H2,1-2H3/t13-/m1/s1. The van der Waals surface area contributed by atoms with Crippen molar-refractivity contribution in [3.8, 4) is 0 Å². The lowest BCUT2D eigenvalue weighted by molar-refractivity contribution is 0.312. The van der Waals surface area contributed by atoms with Gasteiger partial charge in [-0.05, 0) is 45.4 Å². The predicted molar refractivity (Wildman–Crippen MR) is 91.8 cm³/mol. The molecule has 0 N–H and O–H groups in total. The monoisotopic (exact) mass is 331 g/mol. The number of fused-ring (bicyclic) bond motifs is 1. The number of hydrogen-bond acceptors (Lipinski definition) is 5. The first-order chi connectivity index (χ1) is 11.2. The highest BCUT2D eigenvalue weighted by Gasteiger charge is 2.29. The van der Waals surface area contributed by atoms with Crippen LogP contribution < -0.4 is 0 Å². The van der Waals surface area contributed by atoms with Gasteiger partial charge in [-0.1, -0.05) is 6.92 Å². The molecule has 1 atom stereocenters. The maximum absolute atomic E-state index is 4.84. The number of imidazole rings is 1. The largest absolute Gasteiger partial charge is 0.328 e. The lowest BCUT2D eigenvalue weighted by Gasteiger charge is -2.21. The van der Waals surface area contributed by atoms with Crippen LogP contribution in [0, 0.1) is 6.92 Å². The molecule has 2 aromatic rings. The molecule has 3 heterocycles. The van der Waals surface area contributed by atoms with Crippen LogP contribution in [0.2, 0.25) is 0 Å². The Hall–Kier alpha value is -1.27. The van der Waals surface area contributed by atoms with Crippen LogP contribution in [0.15, 0.2) is 0 Å². The van der Waals surface area contributed by atoms with E-state index in [0.717, 1.165) is 36.1 Å². The van der Waals surface area contributed by atoms with Gasteiger partial charge in [0.1, 0.15) is 15.8 Å². The summed E-state index contributed by atoms with van der Waals surface area (Å²) >= 11 is 1.76. The molecular formula is C17H25N5S. The molecule has 6 heteroatoms. The lowest BCUT2D eigenvalue weighted by Crippen LogP contribution is -2.22. The van der Waals surface area contributed by atoms with Crippen LogP contribution in [0.1, 0.15) is 59.5 Å². The second-order valence-electron chi connectivity index (χ2n) is 6.75. The number of likely N-dealkylation sites (tertiary alicyclic amines) is 1. The summed E-state index contributed by atoms with van der Waals surface area (Å²) in [5.74, 6) is 1.22. The van der Waals surface area contributed by atoms with Crippen LogP contribution in [0.3, 0.4) is 0 Å². The van der Waals surface area contributed by atoms with Crippen LogP contribution in [0.5, 0.6) is 0 Å². The fraction of sp³-hybridized carbons (Fsp3) is 0.706. The van der Waals surface area contributed by atoms with Gasteiger partial charge < -0.3 is 4.57 Å². The van der Waals surface area contributed by atoms with Crippen molar-refractivity contribution >= 4 is 11.3 Å². The minimum atomic E-state index is 0.586. The maximum Gasteiger partial charge on any atom is 0.131 e. The van der Waals surface area contributed by atoms with Gasteiger partial charge in [-0.3, -0.25) is 4.90 Å². The van der Waals surface area contributed by atoms with Crippen LogP contribution in [0.25, 0.3) is 0 Å². The summed E-state index contributed by atoms with van der Waals surface area (Å²) in [6.45, 7) is 7.53. The molecule has 1 fully saturated rings. The average molecular weight is 331 g/mol. The minimum absolute atomic E-state index is 0.586. The minimum Gasteiger partial charge on any atom is -0.328 e. The lowest BCUT2D eigenvalue weighted by atomic mass is 10.0. The van der Waals surface area contributed by atoms with Gasteiger partial charge in [0.05, 0.1) is 12.2 Å². The zero-order chi connectivity index (χ0) is 15.8. The summed E-state index contributed by atoms with van der Waals surface area (Å²) in [6.07, 6.45) is 7.22. The molecule has 1 aliphatic heterocycles. The Balaban J connectivity index is 1.47. The molecule has 0 amide bonds. The predicted octanol–water partition coefficient (Wildman–Crippen LogP) is 2.93. The second-order valence-corrected chi connectivity index (χ2v) is 7.90. The Bertz CT molecular complexity index is 689. The summed E-state index contributed by atoms with van der Waals surface area (Å²) in [7, 11) is 0. The number of hydrogen-bond donors (Lipinski definition) is 0. The summed E-state index contributed by atoms with van der Waals surface area (Å²) < 4.78 is 2.55. The van der Waals surface area contributed by atoms with Gasteiger partial charge in [-0.2, -0.15) is 0 Å². The van der Waals surface area contributed by atoms with Crippen LogP contribution in [0.4, 0.5) is 0 Å². The maximum atomic E-state index is 4.84. The van der Waals surface area contributed by atoms with E-state index in [4.69, 9.17) is 4.98 Å². The first kappa shape index (κ1) is 15.3. The van der Waals surface area contributed by atoms with E-state index in [9.17, 15) is 0 Å². The number of aromatic nitrogens is 4. The van der Waals surface area contributed by atoms with Gasteiger partial charge in [-0.25, -0.2) is 4.98 Å². The molecule has 0 spiro atoms. The molecular weight excluding hydrogens is 306 g/mol. The number of aryl methyl sites for hydroxylation is 3. The molecule has 0 bridgehead atoms. The summed E-state index contributed by atoms with van der Waals surface area (Å²) in [5.41, 5.74) is 2.88. The van der Waals surface area contributed by atoms with Gasteiger partial charge >= 0.3 is 0 Å². The van der Waals surface area contributed by atoms with E-state index < -0.39 is 0 Å². The van der Waals surface area contributed by atoms with E-state index in [2.05, 4.69) is 33.5 Å². The Morgan fingerprint density at radius 1 is 1.17 bits per heavy atom. The Labute approximate surface area is 141 Å². The van der Waals surface area contributed by atoms with Crippen molar-refractivity contribution in [1.82, 2.24) is 24.6 Å². The third-order valence-electron chi connectivity index (χ3n) is 5.13. The molecule has 23 heavy (non-hydrogen) atoms. The van der Waals surface area contributed by atoms with Crippen molar-refractivity contribution in [3.63, 3.8) is 0 Å². The smallest absolute Gasteiger partial charge is 0.131 e. The van der Waals surface area contributed by atoms with E-state index in [0.29, 0.717) is 6.04 Å². The van der Waals surface area contributed by atoms with E-state index in [1.54, 1.807) is 11.3 Å². The van der Waals surface area contributed by atoms with Crippen LogP contribution >= 0.6 is 11.3 Å². The molecule has 1 aliphatic carbocycles. The fourth-order valence-electron chi connectivity index (χ4n) is 4.04. The Morgan fingerprint density at radius 2 is 2.00 bits per heavy atom. The van der Waals surface area contributed by atoms with Crippen molar-refractivity contribution in [2.45, 2.75) is 65.0 Å². The molecule has 2 aliphatic rings. The SMILES string of the molecule is CCc1nnc(CN2CC[C@@H](n3c(C)nc4c3CCCC4)C2)s1. The second kappa shape index (κ2) is 6.32. The fourth-order valence-corrected chi connectivity index (χ4v) is 4.86. The molecule has 0 unspecified atom stereocenters. The van der Waals surface area contributed by atoms with Gasteiger partial charge in [0.15, 0.2) is 0 Å². The van der Waals surface area contributed by atoms with Gasteiger partial charge in [0.25, 0.3) is 0 Å². The quantitative estimate of drug-likeness (QED) is 0.864. The van der Waals surface area contributed by atoms with Crippen LogP contribution in [-0.2, 0) is 25.8 Å². The van der Waals surface area contributed by atoms with Gasteiger partial charge in [0.2, 0.25) is 0 Å². The summed E-state index contributed by atoms with van der Waals surface area (Å²) in [4.78, 5) is 7.37. The topological polar surface area (TPSA) is 46.8 Å². The Morgan fingerprint density at radius 3 is 2.83 bits per heavy atom. The molecule has 0 aromatic carbocycles. The zero-order valence-electron chi connectivity index (χ0n) is 14.1. The highest BCUT2D eigenvalue weighted by atomic mass is 32.1.